The zero-order valence-corrected chi connectivity index (χ0v) is 15.0. The highest BCUT2D eigenvalue weighted by atomic mass is 35.5. The van der Waals surface area contributed by atoms with Crippen molar-refractivity contribution in [2.45, 2.75) is 19.5 Å². The number of halogens is 1. The van der Waals surface area contributed by atoms with E-state index in [0.29, 0.717) is 11.6 Å². The summed E-state index contributed by atoms with van der Waals surface area (Å²) in [5.41, 5.74) is 1.73. The molecule has 0 heterocycles. The fourth-order valence-electron chi connectivity index (χ4n) is 2.36. The Bertz CT molecular complexity index is 704. The monoisotopic (exact) mass is 360 g/mol. The summed E-state index contributed by atoms with van der Waals surface area (Å²) in [5, 5.41) is 3.48. The first-order chi connectivity index (χ1) is 12.0. The van der Waals surface area contributed by atoms with Gasteiger partial charge in [-0.15, -0.1) is 0 Å². The molecule has 0 saturated carbocycles. The van der Waals surface area contributed by atoms with Gasteiger partial charge < -0.3 is 15.0 Å². The van der Waals surface area contributed by atoms with Crippen molar-refractivity contribution in [3.8, 4) is 0 Å². The van der Waals surface area contributed by atoms with Crippen LogP contribution in [0.15, 0.2) is 54.6 Å². The fraction of sp³-hybridized carbons (Fsp3) is 0.263. The molecule has 0 aromatic heterocycles. The molecule has 0 aliphatic heterocycles. The standard InChI is InChI=1S/C19H21ClN2O3/c1-14(19(24)21-12-15-6-4-3-5-7-15)22(13-18(23)25-2)17-10-8-16(20)9-11-17/h3-11,14H,12-13H2,1-2H3,(H,21,24)/t14-/m1/s1. The molecule has 1 N–H and O–H groups in total. The molecule has 25 heavy (non-hydrogen) atoms. The summed E-state index contributed by atoms with van der Waals surface area (Å²) in [6.45, 7) is 2.15. The van der Waals surface area contributed by atoms with Crippen LogP contribution in [0.2, 0.25) is 5.02 Å². The fourth-order valence-corrected chi connectivity index (χ4v) is 2.49. The molecule has 6 heteroatoms. The maximum Gasteiger partial charge on any atom is 0.325 e. The summed E-state index contributed by atoms with van der Waals surface area (Å²) >= 11 is 5.92. The number of hydrogen-bond acceptors (Lipinski definition) is 4. The van der Waals surface area contributed by atoms with Crippen LogP contribution in [-0.2, 0) is 20.9 Å². The number of anilines is 1. The Kier molecular flexibility index (Phi) is 6.83. The largest absolute Gasteiger partial charge is 0.468 e. The van der Waals surface area contributed by atoms with Gasteiger partial charge in [0.05, 0.1) is 7.11 Å². The van der Waals surface area contributed by atoms with E-state index in [9.17, 15) is 9.59 Å². The summed E-state index contributed by atoms with van der Waals surface area (Å²) < 4.78 is 4.75. The molecule has 1 amide bonds. The number of benzene rings is 2. The number of rotatable bonds is 7. The van der Waals surface area contributed by atoms with Gasteiger partial charge in [-0.25, -0.2) is 0 Å². The van der Waals surface area contributed by atoms with Crippen molar-refractivity contribution < 1.29 is 14.3 Å². The number of ether oxygens (including phenoxy) is 1. The quantitative estimate of drug-likeness (QED) is 0.771. The number of nitrogens with zero attached hydrogens (tertiary/aromatic N) is 1. The molecule has 5 nitrogen and oxygen atoms in total. The van der Waals surface area contributed by atoms with E-state index < -0.39 is 12.0 Å². The Morgan fingerprint density at radius 2 is 1.76 bits per heavy atom. The van der Waals surface area contributed by atoms with E-state index in [1.54, 1.807) is 36.1 Å². The van der Waals surface area contributed by atoms with Gasteiger partial charge in [0.2, 0.25) is 5.91 Å². The van der Waals surface area contributed by atoms with Gasteiger partial charge in [0.1, 0.15) is 12.6 Å². The molecule has 0 spiro atoms. The van der Waals surface area contributed by atoms with Crippen molar-refractivity contribution in [2.24, 2.45) is 0 Å². The van der Waals surface area contributed by atoms with Crippen LogP contribution in [0.4, 0.5) is 5.69 Å². The van der Waals surface area contributed by atoms with E-state index in [-0.39, 0.29) is 12.5 Å². The average Bonchev–Trinajstić information content (AvgIpc) is 2.65. The van der Waals surface area contributed by atoms with Gasteiger partial charge in [-0.2, -0.15) is 0 Å². The van der Waals surface area contributed by atoms with E-state index in [0.717, 1.165) is 11.3 Å². The van der Waals surface area contributed by atoms with Crippen molar-refractivity contribution in [3.05, 3.63) is 65.2 Å². The van der Waals surface area contributed by atoms with Crippen LogP contribution in [0.5, 0.6) is 0 Å². The zero-order chi connectivity index (χ0) is 18.2. The second-order valence-electron chi connectivity index (χ2n) is 5.56. The van der Waals surface area contributed by atoms with Crippen molar-refractivity contribution in [2.75, 3.05) is 18.6 Å². The van der Waals surface area contributed by atoms with E-state index in [2.05, 4.69) is 5.32 Å². The molecular weight excluding hydrogens is 340 g/mol. The highest BCUT2D eigenvalue weighted by Crippen LogP contribution is 2.20. The van der Waals surface area contributed by atoms with E-state index in [1.165, 1.54) is 7.11 Å². The number of carbonyl (C=O) groups is 2. The van der Waals surface area contributed by atoms with Gasteiger partial charge >= 0.3 is 5.97 Å². The molecular formula is C19H21ClN2O3. The number of esters is 1. The van der Waals surface area contributed by atoms with E-state index in [1.807, 2.05) is 30.3 Å². The minimum atomic E-state index is -0.552. The summed E-state index contributed by atoms with van der Waals surface area (Å²) in [6.07, 6.45) is 0. The van der Waals surface area contributed by atoms with Crippen LogP contribution < -0.4 is 10.2 Å². The maximum absolute atomic E-state index is 12.5. The molecule has 1 atom stereocenters. The lowest BCUT2D eigenvalue weighted by Crippen LogP contribution is -2.47. The van der Waals surface area contributed by atoms with Crippen LogP contribution in [0.3, 0.4) is 0 Å². The highest BCUT2D eigenvalue weighted by Gasteiger charge is 2.24. The van der Waals surface area contributed by atoms with Crippen molar-refractivity contribution in [1.29, 1.82) is 0 Å². The summed E-state index contributed by atoms with van der Waals surface area (Å²) in [5.74, 6) is -0.597. The molecule has 2 rings (SSSR count). The van der Waals surface area contributed by atoms with Gasteiger partial charge in [-0.1, -0.05) is 41.9 Å². The number of nitrogens with one attached hydrogen (secondary N) is 1. The normalized spacial score (nSPS) is 11.5. The van der Waals surface area contributed by atoms with E-state index >= 15 is 0 Å². The Labute approximate surface area is 152 Å². The van der Waals surface area contributed by atoms with Gasteiger partial charge in [0.25, 0.3) is 0 Å². The van der Waals surface area contributed by atoms with Gasteiger partial charge in [-0.3, -0.25) is 9.59 Å². The number of amides is 1. The molecule has 0 aliphatic rings. The van der Waals surface area contributed by atoms with Gasteiger partial charge in [0, 0.05) is 17.3 Å². The predicted molar refractivity (Wildman–Crippen MR) is 98.6 cm³/mol. The lowest BCUT2D eigenvalue weighted by molar-refractivity contribution is -0.139. The Balaban J connectivity index is 2.10. The third-order valence-electron chi connectivity index (χ3n) is 3.84. The number of hydrogen-bond donors (Lipinski definition) is 1. The lowest BCUT2D eigenvalue weighted by atomic mass is 10.2. The van der Waals surface area contributed by atoms with Crippen LogP contribution >= 0.6 is 11.6 Å². The molecule has 0 saturated heterocycles. The first-order valence-corrected chi connectivity index (χ1v) is 8.29. The Morgan fingerprint density at radius 3 is 2.36 bits per heavy atom. The molecule has 132 valence electrons. The van der Waals surface area contributed by atoms with Gasteiger partial charge in [0.15, 0.2) is 0 Å². The molecule has 0 aliphatic carbocycles. The van der Waals surface area contributed by atoms with Gasteiger partial charge in [-0.05, 0) is 36.8 Å². The smallest absolute Gasteiger partial charge is 0.325 e. The molecule has 2 aromatic carbocycles. The number of carbonyl (C=O) groups excluding carboxylic acids is 2. The summed E-state index contributed by atoms with van der Waals surface area (Å²) in [4.78, 5) is 26.0. The molecule has 0 radical (unpaired) electrons. The van der Waals surface area contributed by atoms with Crippen LogP contribution in [0.1, 0.15) is 12.5 Å². The van der Waals surface area contributed by atoms with Crippen molar-refractivity contribution in [1.82, 2.24) is 5.32 Å². The predicted octanol–water partition coefficient (Wildman–Crippen LogP) is 3.02. The third kappa shape index (κ3) is 5.50. The van der Waals surface area contributed by atoms with Crippen LogP contribution in [0, 0.1) is 0 Å². The van der Waals surface area contributed by atoms with E-state index in [4.69, 9.17) is 16.3 Å². The molecule has 2 aromatic rings. The average molecular weight is 361 g/mol. The Hall–Kier alpha value is -2.53. The minimum absolute atomic E-state index is 0.0297. The summed E-state index contributed by atoms with van der Waals surface area (Å²) in [7, 11) is 1.32. The third-order valence-corrected chi connectivity index (χ3v) is 4.09. The topological polar surface area (TPSA) is 58.6 Å². The Morgan fingerprint density at radius 1 is 1.12 bits per heavy atom. The molecule has 0 bridgehead atoms. The lowest BCUT2D eigenvalue weighted by Gasteiger charge is -2.29. The van der Waals surface area contributed by atoms with Crippen LogP contribution in [0.25, 0.3) is 0 Å². The first-order valence-electron chi connectivity index (χ1n) is 7.92. The number of methoxy groups -OCH3 is 1. The van der Waals surface area contributed by atoms with Crippen molar-refractivity contribution >= 4 is 29.2 Å². The maximum atomic E-state index is 12.5. The van der Waals surface area contributed by atoms with Crippen molar-refractivity contribution in [3.63, 3.8) is 0 Å². The second kappa shape index (κ2) is 9.08. The molecule has 0 unspecified atom stereocenters. The zero-order valence-electron chi connectivity index (χ0n) is 14.2. The highest BCUT2D eigenvalue weighted by molar-refractivity contribution is 6.30. The SMILES string of the molecule is COC(=O)CN(c1ccc(Cl)cc1)[C@H](C)C(=O)NCc1ccccc1. The minimum Gasteiger partial charge on any atom is -0.468 e. The summed E-state index contributed by atoms with van der Waals surface area (Å²) in [6, 6.07) is 16.1. The second-order valence-corrected chi connectivity index (χ2v) is 6.00. The van der Waals surface area contributed by atoms with Crippen LogP contribution in [-0.4, -0.2) is 31.6 Å². The first kappa shape index (κ1) is 18.8. The molecule has 0 fully saturated rings.